The highest BCUT2D eigenvalue weighted by Gasteiger charge is 2.43. The van der Waals surface area contributed by atoms with Gasteiger partial charge in [-0.1, -0.05) is 39.5 Å². The van der Waals surface area contributed by atoms with E-state index in [1.165, 1.54) is 0 Å². The van der Waals surface area contributed by atoms with Gasteiger partial charge in [0.25, 0.3) is 0 Å². The largest absolute Gasteiger partial charge is 0.462 e. The lowest BCUT2D eigenvalue weighted by atomic mass is 9.77. The molecule has 0 aromatic carbocycles. The van der Waals surface area contributed by atoms with Crippen molar-refractivity contribution in [2.24, 2.45) is 10.8 Å². The summed E-state index contributed by atoms with van der Waals surface area (Å²) in [6, 6.07) is 0. The summed E-state index contributed by atoms with van der Waals surface area (Å²) in [5, 5.41) is 11.3. The van der Waals surface area contributed by atoms with Crippen molar-refractivity contribution in [3.63, 3.8) is 0 Å². The summed E-state index contributed by atoms with van der Waals surface area (Å²) in [6.07, 6.45) is 2.98. The Bertz CT molecular complexity index is 854. The summed E-state index contributed by atoms with van der Waals surface area (Å²) in [5.74, 6) is -5.18. The van der Waals surface area contributed by atoms with Crippen molar-refractivity contribution in [3.05, 3.63) is 75.9 Å². The summed E-state index contributed by atoms with van der Waals surface area (Å²) in [5.41, 5.74) is -3.09. The number of ether oxygens (including phenoxy) is 6. The van der Waals surface area contributed by atoms with Crippen molar-refractivity contribution < 1.29 is 62.3 Å². The van der Waals surface area contributed by atoms with Gasteiger partial charge in [-0.2, -0.15) is 0 Å². The number of carbonyl (C=O) groups is 6. The van der Waals surface area contributed by atoms with Gasteiger partial charge >= 0.3 is 35.8 Å². The minimum Gasteiger partial charge on any atom is -0.462 e. The van der Waals surface area contributed by atoms with Gasteiger partial charge in [-0.25, -0.2) is 28.8 Å². The topological polar surface area (TPSA) is 178 Å². The fourth-order valence-corrected chi connectivity index (χ4v) is 3.37. The van der Waals surface area contributed by atoms with E-state index in [0.29, 0.717) is 0 Å². The zero-order valence-corrected chi connectivity index (χ0v) is 23.3. The summed E-state index contributed by atoms with van der Waals surface area (Å²) in [6.45, 7) is 16.7. The molecule has 0 amide bonds. The number of hydrogen-bond acceptors (Lipinski definition) is 13. The minimum absolute atomic E-state index is 0.381. The molecule has 230 valence electrons. The molecule has 13 heteroatoms. The lowest BCUT2D eigenvalue weighted by Crippen LogP contribution is -2.46. The third-order valence-corrected chi connectivity index (χ3v) is 5.46. The molecule has 0 aliphatic rings. The average Bonchev–Trinajstić information content (AvgIpc) is 3.00. The molecule has 0 rings (SSSR count). The maximum absolute atomic E-state index is 11.9. The van der Waals surface area contributed by atoms with Crippen LogP contribution in [0.25, 0.3) is 0 Å². The Morgan fingerprint density at radius 3 is 0.762 bits per heavy atom. The van der Waals surface area contributed by atoms with Crippen LogP contribution >= 0.6 is 0 Å². The smallest absolute Gasteiger partial charge is 0.330 e. The molecule has 0 atom stereocenters. The van der Waals surface area contributed by atoms with Crippen LogP contribution in [-0.2, 0) is 57.2 Å². The number of aliphatic hydroxyl groups excluding tert-OH is 1. The maximum atomic E-state index is 11.9. The van der Waals surface area contributed by atoms with E-state index in [1.54, 1.807) is 0 Å². The van der Waals surface area contributed by atoms with Crippen molar-refractivity contribution >= 4 is 35.8 Å². The molecule has 0 radical (unpaired) electrons. The number of aliphatic hydroxyl groups is 1. The van der Waals surface area contributed by atoms with Gasteiger partial charge in [0.05, 0.1) is 16.9 Å². The van der Waals surface area contributed by atoms with Crippen molar-refractivity contribution in [2.75, 3.05) is 39.6 Å². The van der Waals surface area contributed by atoms with Crippen molar-refractivity contribution in [3.8, 4) is 0 Å². The van der Waals surface area contributed by atoms with Gasteiger partial charge in [0.1, 0.15) is 39.6 Å². The average molecular weight is 593 g/mol. The lowest BCUT2D eigenvalue weighted by Gasteiger charge is -2.37. The molecule has 0 aromatic rings. The van der Waals surface area contributed by atoms with E-state index in [4.69, 9.17) is 28.4 Å². The van der Waals surface area contributed by atoms with Crippen molar-refractivity contribution in [1.29, 1.82) is 0 Å². The quantitative estimate of drug-likeness (QED) is 0.109. The SMILES string of the molecule is C=CC(=O)OCC(COC(=O)C=C)(COC(=O)C=C)CC(O)CC(COC(=O)C=C)(COC(=O)C=C)COC(=O)C=C. The predicted molar refractivity (Wildman–Crippen MR) is 147 cm³/mol. The number of rotatable bonds is 22. The first-order valence-corrected chi connectivity index (χ1v) is 12.3. The highest BCUT2D eigenvalue weighted by atomic mass is 16.6. The van der Waals surface area contributed by atoms with Crippen LogP contribution < -0.4 is 0 Å². The standard InChI is InChI=1S/C29H36O13/c1-7-22(31)37-15-28(16-38-23(32)8-2,17-39-24(33)9-3)13-21(30)14-29(18-40-25(34)10-4,19-41-26(35)11-5)20-42-27(36)12-6/h7-12,21,30H,1-6,13-20H2. The van der Waals surface area contributed by atoms with Crippen LogP contribution in [0, 0.1) is 10.8 Å². The molecule has 0 bridgehead atoms. The van der Waals surface area contributed by atoms with Crippen molar-refractivity contribution in [1.82, 2.24) is 0 Å². The molecular weight excluding hydrogens is 556 g/mol. The summed E-state index contributed by atoms with van der Waals surface area (Å²) in [7, 11) is 0. The minimum atomic E-state index is -1.55. The first-order valence-electron chi connectivity index (χ1n) is 12.3. The number of hydrogen-bond donors (Lipinski definition) is 1. The Morgan fingerprint density at radius 2 is 0.619 bits per heavy atom. The predicted octanol–water partition coefficient (Wildman–Crippen LogP) is 1.48. The van der Waals surface area contributed by atoms with E-state index >= 15 is 0 Å². The van der Waals surface area contributed by atoms with Gasteiger partial charge in [0.15, 0.2) is 0 Å². The maximum Gasteiger partial charge on any atom is 0.330 e. The summed E-state index contributed by atoms with van der Waals surface area (Å²) in [4.78, 5) is 71.2. The molecular formula is C29H36O13. The third kappa shape index (κ3) is 14.6. The fraction of sp³-hybridized carbons (Fsp3) is 0.379. The monoisotopic (exact) mass is 592 g/mol. The molecule has 1 N–H and O–H groups in total. The molecule has 0 aliphatic heterocycles. The third-order valence-electron chi connectivity index (χ3n) is 5.46. The fourth-order valence-electron chi connectivity index (χ4n) is 3.37. The Morgan fingerprint density at radius 1 is 0.452 bits per heavy atom. The lowest BCUT2D eigenvalue weighted by molar-refractivity contribution is -0.161. The Kier molecular flexibility index (Phi) is 17.1. The van der Waals surface area contributed by atoms with Crippen molar-refractivity contribution in [2.45, 2.75) is 18.9 Å². The second kappa shape index (κ2) is 19.3. The number of esters is 6. The van der Waals surface area contributed by atoms with Gasteiger partial charge in [-0.15, -0.1) is 0 Å². The highest BCUT2D eigenvalue weighted by Crippen LogP contribution is 2.34. The van der Waals surface area contributed by atoms with Gasteiger partial charge in [0.2, 0.25) is 0 Å². The van der Waals surface area contributed by atoms with E-state index in [1.807, 2.05) is 0 Å². The molecule has 0 fully saturated rings. The Hall–Kier alpha value is -4.78. The van der Waals surface area contributed by atoms with Crippen LogP contribution in [0.1, 0.15) is 12.8 Å². The van der Waals surface area contributed by atoms with E-state index < -0.39 is 92.4 Å². The Balaban J connectivity index is 6.54. The van der Waals surface area contributed by atoms with E-state index in [2.05, 4.69) is 39.5 Å². The van der Waals surface area contributed by atoms with Gasteiger partial charge in [0, 0.05) is 36.5 Å². The van der Waals surface area contributed by atoms with Crippen LogP contribution in [0.4, 0.5) is 0 Å². The van der Waals surface area contributed by atoms with E-state index in [0.717, 1.165) is 36.5 Å². The first-order chi connectivity index (χ1) is 19.8. The molecule has 42 heavy (non-hydrogen) atoms. The highest BCUT2D eigenvalue weighted by molar-refractivity contribution is 5.83. The van der Waals surface area contributed by atoms with Crippen LogP contribution in [0.2, 0.25) is 0 Å². The second-order valence-corrected chi connectivity index (χ2v) is 8.93. The molecule has 13 nitrogen and oxygen atoms in total. The number of carbonyl (C=O) groups excluding carboxylic acids is 6. The molecule has 0 unspecified atom stereocenters. The van der Waals surface area contributed by atoms with Gasteiger partial charge in [-0.3, -0.25) is 0 Å². The van der Waals surface area contributed by atoms with Crippen LogP contribution in [-0.4, -0.2) is 86.7 Å². The molecule has 0 saturated carbocycles. The van der Waals surface area contributed by atoms with Gasteiger partial charge in [-0.05, 0) is 12.8 Å². The van der Waals surface area contributed by atoms with E-state index in [9.17, 15) is 33.9 Å². The Labute approximate surface area is 243 Å². The van der Waals surface area contributed by atoms with Gasteiger partial charge < -0.3 is 33.5 Å². The van der Waals surface area contributed by atoms with Crippen LogP contribution in [0.3, 0.4) is 0 Å². The first kappa shape index (κ1) is 37.2. The molecule has 0 spiro atoms. The molecule has 0 aliphatic carbocycles. The zero-order valence-electron chi connectivity index (χ0n) is 23.3. The van der Waals surface area contributed by atoms with E-state index in [-0.39, 0.29) is 12.8 Å². The zero-order chi connectivity index (χ0) is 32.2. The van der Waals surface area contributed by atoms with Crippen LogP contribution in [0.5, 0.6) is 0 Å². The molecule has 0 aromatic heterocycles. The second-order valence-electron chi connectivity index (χ2n) is 8.93. The normalized spacial score (nSPS) is 10.7. The summed E-state index contributed by atoms with van der Waals surface area (Å²) < 4.78 is 30.9. The molecule has 0 saturated heterocycles. The van der Waals surface area contributed by atoms with Crippen LogP contribution in [0.15, 0.2) is 75.9 Å². The molecule has 0 heterocycles. The summed E-state index contributed by atoms with van der Waals surface area (Å²) >= 11 is 0.